The zero-order chi connectivity index (χ0) is 14.5. The monoisotopic (exact) mass is 289 g/mol. The topological polar surface area (TPSA) is 49.0 Å². The number of amides is 1. The van der Waals surface area contributed by atoms with E-state index in [-0.39, 0.29) is 5.91 Å². The minimum Gasteiger partial charge on any atom is -0.347 e. The van der Waals surface area contributed by atoms with Crippen LogP contribution >= 0.6 is 11.8 Å². The smallest absolute Gasteiger partial charge is 0.233 e. The van der Waals surface area contributed by atoms with Crippen LogP contribution in [-0.4, -0.2) is 33.6 Å². The number of carbonyl (C=O) groups is 1. The molecule has 2 aromatic rings. The second kappa shape index (κ2) is 6.61. The first-order valence-electron chi connectivity index (χ1n) is 6.48. The van der Waals surface area contributed by atoms with Gasteiger partial charge in [0.25, 0.3) is 0 Å². The first-order valence-corrected chi connectivity index (χ1v) is 7.47. The summed E-state index contributed by atoms with van der Waals surface area (Å²) in [5, 5.41) is 0. The lowest BCUT2D eigenvalue weighted by Gasteiger charge is -2.16. The molecule has 106 valence electrons. The number of aromatic nitrogens is 2. The van der Waals surface area contributed by atoms with Gasteiger partial charge in [-0.25, -0.2) is 4.98 Å². The van der Waals surface area contributed by atoms with Crippen molar-refractivity contribution in [2.45, 2.75) is 25.3 Å². The van der Waals surface area contributed by atoms with Gasteiger partial charge in [0.05, 0.1) is 12.3 Å². The zero-order valence-corrected chi connectivity index (χ0v) is 12.8. The number of aryl methyl sites for hydroxylation is 2. The highest BCUT2D eigenvalue weighted by Gasteiger charge is 2.11. The fourth-order valence-corrected chi connectivity index (χ4v) is 2.87. The molecule has 1 aromatic heterocycles. The maximum atomic E-state index is 12.1. The summed E-state index contributed by atoms with van der Waals surface area (Å²) < 4.78 is 0. The third-order valence-electron chi connectivity index (χ3n) is 3.06. The highest BCUT2D eigenvalue weighted by atomic mass is 32.2. The summed E-state index contributed by atoms with van der Waals surface area (Å²) in [5.74, 6) is 1.35. The predicted molar refractivity (Wildman–Crippen MR) is 81.7 cm³/mol. The quantitative estimate of drug-likeness (QED) is 0.861. The molecule has 20 heavy (non-hydrogen) atoms. The van der Waals surface area contributed by atoms with Crippen LogP contribution in [0, 0.1) is 13.8 Å². The molecule has 1 aromatic carbocycles. The fraction of sp³-hybridized carbons (Fsp3) is 0.333. The number of rotatable bonds is 5. The van der Waals surface area contributed by atoms with Gasteiger partial charge in [0.1, 0.15) is 5.82 Å². The SMILES string of the molecule is Cc1ccc(C)c(SCC(=O)N(C)Cc2ncc[nH]2)c1. The van der Waals surface area contributed by atoms with Crippen LogP contribution in [0.2, 0.25) is 0 Å². The summed E-state index contributed by atoms with van der Waals surface area (Å²) in [6.45, 7) is 4.65. The molecule has 0 saturated heterocycles. The van der Waals surface area contributed by atoms with Gasteiger partial charge in [0.15, 0.2) is 0 Å². The van der Waals surface area contributed by atoms with Crippen LogP contribution in [0.1, 0.15) is 17.0 Å². The molecule has 0 aliphatic heterocycles. The zero-order valence-electron chi connectivity index (χ0n) is 12.0. The van der Waals surface area contributed by atoms with Crippen molar-refractivity contribution < 1.29 is 4.79 Å². The Labute approximate surface area is 123 Å². The highest BCUT2D eigenvalue weighted by Crippen LogP contribution is 2.23. The third kappa shape index (κ3) is 3.87. The molecule has 2 rings (SSSR count). The molecule has 1 N–H and O–H groups in total. The van der Waals surface area contributed by atoms with E-state index in [2.05, 4.69) is 42.0 Å². The highest BCUT2D eigenvalue weighted by molar-refractivity contribution is 8.00. The van der Waals surface area contributed by atoms with E-state index in [0.717, 1.165) is 5.82 Å². The van der Waals surface area contributed by atoms with Crippen LogP contribution in [-0.2, 0) is 11.3 Å². The van der Waals surface area contributed by atoms with Crippen molar-refractivity contribution in [2.75, 3.05) is 12.8 Å². The second-order valence-corrected chi connectivity index (χ2v) is 5.86. The van der Waals surface area contributed by atoms with Gasteiger partial charge in [-0.2, -0.15) is 0 Å². The van der Waals surface area contributed by atoms with Crippen molar-refractivity contribution in [1.29, 1.82) is 0 Å². The molecule has 0 atom stereocenters. The number of aromatic amines is 1. The summed E-state index contributed by atoms with van der Waals surface area (Å²) in [5.41, 5.74) is 2.43. The minimum absolute atomic E-state index is 0.104. The Balaban J connectivity index is 1.89. The molecule has 0 unspecified atom stereocenters. The predicted octanol–water partition coefficient (Wildman–Crippen LogP) is 2.78. The Hall–Kier alpha value is -1.75. The Morgan fingerprint density at radius 3 is 2.90 bits per heavy atom. The number of hydrogen-bond acceptors (Lipinski definition) is 3. The van der Waals surface area contributed by atoms with Gasteiger partial charge >= 0.3 is 0 Å². The van der Waals surface area contributed by atoms with Gasteiger partial charge in [-0.05, 0) is 25.5 Å². The van der Waals surface area contributed by atoms with E-state index >= 15 is 0 Å². The Morgan fingerprint density at radius 2 is 2.20 bits per heavy atom. The van der Waals surface area contributed by atoms with Crippen LogP contribution in [0.3, 0.4) is 0 Å². The van der Waals surface area contributed by atoms with E-state index in [1.54, 1.807) is 36.1 Å². The Kier molecular flexibility index (Phi) is 4.84. The average Bonchev–Trinajstić information content (AvgIpc) is 2.92. The lowest BCUT2D eigenvalue weighted by molar-refractivity contribution is -0.127. The summed E-state index contributed by atoms with van der Waals surface area (Å²) in [4.78, 5) is 22.1. The third-order valence-corrected chi connectivity index (χ3v) is 4.20. The Morgan fingerprint density at radius 1 is 1.40 bits per heavy atom. The van der Waals surface area contributed by atoms with Crippen molar-refractivity contribution in [2.24, 2.45) is 0 Å². The molecule has 0 aliphatic carbocycles. The first kappa shape index (κ1) is 14.7. The van der Waals surface area contributed by atoms with Crippen LogP contribution in [0.4, 0.5) is 0 Å². The average molecular weight is 289 g/mol. The number of H-pyrrole nitrogens is 1. The molecule has 0 spiro atoms. The minimum atomic E-state index is 0.104. The van der Waals surface area contributed by atoms with E-state index in [9.17, 15) is 4.79 Å². The van der Waals surface area contributed by atoms with E-state index in [1.165, 1.54) is 16.0 Å². The largest absolute Gasteiger partial charge is 0.347 e. The molecule has 0 radical (unpaired) electrons. The molecular weight excluding hydrogens is 270 g/mol. The summed E-state index contributed by atoms with van der Waals surface area (Å²) >= 11 is 1.59. The molecular formula is C15H19N3OS. The normalized spacial score (nSPS) is 10.6. The number of hydrogen-bond donors (Lipinski definition) is 1. The van der Waals surface area contributed by atoms with Crippen LogP contribution in [0.25, 0.3) is 0 Å². The van der Waals surface area contributed by atoms with Crippen molar-refractivity contribution in [3.8, 4) is 0 Å². The van der Waals surface area contributed by atoms with E-state index < -0.39 is 0 Å². The second-order valence-electron chi connectivity index (χ2n) is 4.84. The van der Waals surface area contributed by atoms with E-state index in [4.69, 9.17) is 0 Å². The number of imidazole rings is 1. The maximum absolute atomic E-state index is 12.1. The molecule has 0 fully saturated rings. The van der Waals surface area contributed by atoms with Crippen molar-refractivity contribution in [3.05, 3.63) is 47.5 Å². The van der Waals surface area contributed by atoms with Crippen molar-refractivity contribution in [3.63, 3.8) is 0 Å². The van der Waals surface area contributed by atoms with Crippen LogP contribution in [0.5, 0.6) is 0 Å². The molecule has 5 heteroatoms. The molecule has 1 amide bonds. The first-order chi connectivity index (χ1) is 9.56. The fourth-order valence-electron chi connectivity index (χ4n) is 1.81. The lowest BCUT2D eigenvalue weighted by atomic mass is 10.2. The molecule has 0 saturated carbocycles. The summed E-state index contributed by atoms with van der Waals surface area (Å²) in [6, 6.07) is 6.30. The van der Waals surface area contributed by atoms with Crippen LogP contribution in [0.15, 0.2) is 35.5 Å². The number of thioether (sulfide) groups is 1. The summed E-state index contributed by atoms with van der Waals surface area (Å²) in [6.07, 6.45) is 3.46. The van der Waals surface area contributed by atoms with Crippen LogP contribution < -0.4 is 0 Å². The van der Waals surface area contributed by atoms with Gasteiger partial charge in [0, 0.05) is 24.3 Å². The Bertz CT molecular complexity index is 581. The van der Waals surface area contributed by atoms with Gasteiger partial charge in [0.2, 0.25) is 5.91 Å². The number of benzene rings is 1. The lowest BCUT2D eigenvalue weighted by Crippen LogP contribution is -2.28. The van der Waals surface area contributed by atoms with E-state index in [0.29, 0.717) is 12.3 Å². The van der Waals surface area contributed by atoms with Gasteiger partial charge < -0.3 is 9.88 Å². The summed E-state index contributed by atoms with van der Waals surface area (Å²) in [7, 11) is 1.80. The van der Waals surface area contributed by atoms with E-state index in [1.807, 2.05) is 0 Å². The van der Waals surface area contributed by atoms with Crippen molar-refractivity contribution >= 4 is 17.7 Å². The van der Waals surface area contributed by atoms with Gasteiger partial charge in [-0.1, -0.05) is 17.7 Å². The van der Waals surface area contributed by atoms with Gasteiger partial charge in [-0.3, -0.25) is 4.79 Å². The molecule has 0 aliphatic rings. The maximum Gasteiger partial charge on any atom is 0.233 e. The molecule has 4 nitrogen and oxygen atoms in total. The standard InChI is InChI=1S/C15H19N3OS/c1-11-4-5-12(2)13(8-11)20-10-15(19)18(3)9-14-16-6-7-17-14/h4-8H,9-10H2,1-3H3,(H,16,17). The molecule has 1 heterocycles. The van der Waals surface area contributed by atoms with Gasteiger partial charge in [-0.15, -0.1) is 11.8 Å². The molecule has 0 bridgehead atoms. The number of nitrogens with one attached hydrogen (secondary N) is 1. The van der Waals surface area contributed by atoms with Crippen molar-refractivity contribution in [1.82, 2.24) is 14.9 Å². The number of nitrogens with zero attached hydrogens (tertiary/aromatic N) is 2. The number of carbonyl (C=O) groups excluding carboxylic acids is 1.